The van der Waals surface area contributed by atoms with Crippen molar-refractivity contribution in [3.63, 3.8) is 0 Å². The van der Waals surface area contributed by atoms with Gasteiger partial charge in [0.15, 0.2) is 0 Å². The van der Waals surface area contributed by atoms with Crippen LogP contribution in [-0.2, 0) is 10.0 Å². The van der Waals surface area contributed by atoms with Gasteiger partial charge in [-0.25, -0.2) is 13.1 Å². The summed E-state index contributed by atoms with van der Waals surface area (Å²) in [4.78, 5) is -0.0448. The molecule has 0 saturated heterocycles. The van der Waals surface area contributed by atoms with Crippen molar-refractivity contribution in [2.45, 2.75) is 24.3 Å². The van der Waals surface area contributed by atoms with E-state index in [1.165, 1.54) is 18.2 Å². The number of sulfonamides is 1. The van der Waals surface area contributed by atoms with E-state index in [0.717, 1.165) is 0 Å². The minimum atomic E-state index is -3.71. The van der Waals surface area contributed by atoms with Gasteiger partial charge in [0, 0.05) is 12.2 Å². The summed E-state index contributed by atoms with van der Waals surface area (Å²) in [5.41, 5.74) is 5.87. The Balaban J connectivity index is 2.90. The number of nitrogen functional groups attached to an aromatic ring is 1. The average Bonchev–Trinajstić information content (AvgIpc) is 2.25. The molecule has 0 fully saturated rings. The molecular weight excluding hydrogens is 264 g/mol. The molecule has 7 heteroatoms. The number of aliphatic hydroxyl groups excluding tert-OH is 1. The van der Waals surface area contributed by atoms with Crippen LogP contribution in [0.3, 0.4) is 0 Å². The summed E-state index contributed by atoms with van der Waals surface area (Å²) in [7, 11) is -3.71. The van der Waals surface area contributed by atoms with Crippen molar-refractivity contribution in [2.75, 3.05) is 12.3 Å². The molecule has 4 N–H and O–H groups in total. The van der Waals surface area contributed by atoms with Gasteiger partial charge in [0.2, 0.25) is 10.0 Å². The second-order valence-electron chi connectivity index (χ2n) is 3.60. The van der Waals surface area contributed by atoms with Crippen LogP contribution >= 0.6 is 11.6 Å². The molecule has 0 aliphatic rings. The Labute approximate surface area is 106 Å². The second-order valence-corrected chi connectivity index (χ2v) is 5.75. The van der Waals surface area contributed by atoms with Gasteiger partial charge in [0.05, 0.1) is 11.1 Å². The van der Waals surface area contributed by atoms with Crippen LogP contribution in [0.4, 0.5) is 5.69 Å². The molecule has 17 heavy (non-hydrogen) atoms. The minimum absolute atomic E-state index is 0.0421. The fourth-order valence-corrected chi connectivity index (χ4v) is 2.79. The molecule has 0 heterocycles. The van der Waals surface area contributed by atoms with Crippen molar-refractivity contribution in [2.24, 2.45) is 0 Å². The Kier molecular flexibility index (Phi) is 4.76. The maximum atomic E-state index is 11.8. The first-order valence-electron chi connectivity index (χ1n) is 5.09. The van der Waals surface area contributed by atoms with Gasteiger partial charge in [-0.2, -0.15) is 0 Å². The van der Waals surface area contributed by atoms with E-state index in [1.54, 1.807) is 6.92 Å². The zero-order valence-electron chi connectivity index (χ0n) is 9.35. The first kappa shape index (κ1) is 14.2. The number of anilines is 1. The van der Waals surface area contributed by atoms with Crippen LogP contribution in [0.15, 0.2) is 23.1 Å². The quantitative estimate of drug-likeness (QED) is 0.700. The highest BCUT2D eigenvalue weighted by atomic mass is 35.5. The van der Waals surface area contributed by atoms with Crippen LogP contribution in [0, 0.1) is 0 Å². The third-order valence-corrected chi connectivity index (χ3v) is 4.13. The molecule has 0 aliphatic carbocycles. The number of benzene rings is 1. The maximum Gasteiger partial charge on any atom is 0.242 e. The van der Waals surface area contributed by atoms with Gasteiger partial charge < -0.3 is 10.8 Å². The molecule has 0 amide bonds. The Bertz CT molecular complexity index is 490. The van der Waals surface area contributed by atoms with Gasteiger partial charge in [-0.1, -0.05) is 18.5 Å². The topological polar surface area (TPSA) is 92.4 Å². The van der Waals surface area contributed by atoms with Gasteiger partial charge in [-0.3, -0.25) is 0 Å². The van der Waals surface area contributed by atoms with E-state index < -0.39 is 16.1 Å². The molecular formula is C10H15ClN2O3S. The third-order valence-electron chi connectivity index (χ3n) is 2.23. The third kappa shape index (κ3) is 3.85. The molecule has 96 valence electrons. The molecule has 0 aliphatic heterocycles. The Morgan fingerprint density at radius 3 is 2.71 bits per heavy atom. The lowest BCUT2D eigenvalue weighted by molar-refractivity contribution is 0.174. The zero-order valence-corrected chi connectivity index (χ0v) is 10.9. The molecule has 0 aromatic heterocycles. The van der Waals surface area contributed by atoms with E-state index >= 15 is 0 Å². The van der Waals surface area contributed by atoms with Crippen molar-refractivity contribution in [1.82, 2.24) is 4.72 Å². The fourth-order valence-electron chi connectivity index (χ4n) is 1.16. The van der Waals surface area contributed by atoms with Gasteiger partial charge in [0.1, 0.15) is 4.90 Å². The molecule has 5 nitrogen and oxygen atoms in total. The summed E-state index contributed by atoms with van der Waals surface area (Å²) in [6.07, 6.45) is -0.241. The predicted octanol–water partition coefficient (Wildman–Crippen LogP) is 0.971. The lowest BCUT2D eigenvalue weighted by Crippen LogP contribution is -2.31. The van der Waals surface area contributed by atoms with Gasteiger partial charge in [-0.15, -0.1) is 0 Å². The number of halogens is 1. The summed E-state index contributed by atoms with van der Waals surface area (Å²) in [6, 6.07) is 4.15. The van der Waals surface area contributed by atoms with Crippen LogP contribution in [0.1, 0.15) is 13.3 Å². The zero-order chi connectivity index (χ0) is 13.1. The Morgan fingerprint density at radius 2 is 2.18 bits per heavy atom. The molecule has 0 radical (unpaired) electrons. The SMILES string of the molecule is CCC(O)CNS(=O)(=O)c1ccc(N)cc1Cl. The predicted molar refractivity (Wildman–Crippen MR) is 67.4 cm³/mol. The molecule has 1 aromatic rings. The van der Waals surface area contributed by atoms with Crippen molar-refractivity contribution < 1.29 is 13.5 Å². The first-order valence-corrected chi connectivity index (χ1v) is 6.95. The van der Waals surface area contributed by atoms with Gasteiger partial charge in [-0.05, 0) is 24.6 Å². The molecule has 0 saturated carbocycles. The molecule has 0 bridgehead atoms. The van der Waals surface area contributed by atoms with Gasteiger partial charge in [0.25, 0.3) is 0 Å². The summed E-state index contributed by atoms with van der Waals surface area (Å²) in [6.45, 7) is 1.72. The van der Waals surface area contributed by atoms with Crippen molar-refractivity contribution >= 4 is 27.3 Å². The number of nitrogens with two attached hydrogens (primary N) is 1. The van der Waals surface area contributed by atoms with Crippen molar-refractivity contribution in [1.29, 1.82) is 0 Å². The van der Waals surface area contributed by atoms with Crippen LogP contribution in [0.5, 0.6) is 0 Å². The van der Waals surface area contributed by atoms with E-state index in [-0.39, 0.29) is 16.5 Å². The summed E-state index contributed by atoms with van der Waals surface area (Å²) < 4.78 is 26.0. The summed E-state index contributed by atoms with van der Waals surface area (Å²) in [5.74, 6) is 0. The highest BCUT2D eigenvalue weighted by molar-refractivity contribution is 7.89. The van der Waals surface area contributed by atoms with Crippen LogP contribution < -0.4 is 10.5 Å². The highest BCUT2D eigenvalue weighted by Crippen LogP contribution is 2.23. The van der Waals surface area contributed by atoms with E-state index in [1.807, 2.05) is 0 Å². The largest absolute Gasteiger partial charge is 0.399 e. The monoisotopic (exact) mass is 278 g/mol. The second kappa shape index (κ2) is 5.68. The number of aliphatic hydroxyl groups is 1. The lowest BCUT2D eigenvalue weighted by Gasteiger charge is -2.11. The Morgan fingerprint density at radius 1 is 1.53 bits per heavy atom. The average molecular weight is 279 g/mol. The summed E-state index contributed by atoms with van der Waals surface area (Å²) in [5, 5.41) is 9.36. The van der Waals surface area contributed by atoms with E-state index in [9.17, 15) is 13.5 Å². The van der Waals surface area contributed by atoms with E-state index in [4.69, 9.17) is 17.3 Å². The summed E-state index contributed by atoms with van der Waals surface area (Å²) >= 11 is 5.80. The lowest BCUT2D eigenvalue weighted by atomic mass is 10.3. The van der Waals surface area contributed by atoms with E-state index in [0.29, 0.717) is 12.1 Å². The van der Waals surface area contributed by atoms with Crippen LogP contribution in [0.25, 0.3) is 0 Å². The molecule has 0 spiro atoms. The van der Waals surface area contributed by atoms with Gasteiger partial charge >= 0.3 is 0 Å². The molecule has 1 aromatic carbocycles. The number of hydrogen-bond acceptors (Lipinski definition) is 4. The first-order chi connectivity index (χ1) is 7.86. The minimum Gasteiger partial charge on any atom is -0.399 e. The molecule has 1 rings (SSSR count). The fraction of sp³-hybridized carbons (Fsp3) is 0.400. The van der Waals surface area contributed by atoms with Crippen molar-refractivity contribution in [3.8, 4) is 0 Å². The van der Waals surface area contributed by atoms with Crippen LogP contribution in [-0.4, -0.2) is 26.2 Å². The van der Waals surface area contributed by atoms with Crippen molar-refractivity contribution in [3.05, 3.63) is 23.2 Å². The number of rotatable bonds is 5. The molecule has 1 unspecified atom stereocenters. The Hall–Kier alpha value is -0.820. The highest BCUT2D eigenvalue weighted by Gasteiger charge is 2.18. The number of hydrogen-bond donors (Lipinski definition) is 3. The smallest absolute Gasteiger partial charge is 0.242 e. The number of nitrogens with one attached hydrogen (secondary N) is 1. The molecule has 1 atom stereocenters. The standard InChI is InChI=1S/C10H15ClN2O3S/c1-2-8(14)6-13-17(15,16)10-4-3-7(12)5-9(10)11/h3-5,8,13-14H,2,6,12H2,1H3. The normalized spacial score (nSPS) is 13.6. The van der Waals surface area contributed by atoms with E-state index in [2.05, 4.69) is 4.72 Å². The maximum absolute atomic E-state index is 11.8. The van der Waals surface area contributed by atoms with Crippen LogP contribution in [0.2, 0.25) is 5.02 Å².